The van der Waals surface area contributed by atoms with Crippen molar-refractivity contribution in [2.75, 3.05) is 6.54 Å². The molecule has 0 spiro atoms. The molecule has 7 heteroatoms. The average molecular weight is 468 g/mol. The third-order valence-electron chi connectivity index (χ3n) is 4.28. The van der Waals surface area contributed by atoms with Crippen molar-refractivity contribution < 1.29 is 29.6 Å². The molecular formula is C25H24N4NaS2-. The molecule has 0 unspecified atom stereocenters. The molecule has 158 valence electrons. The molecule has 0 saturated heterocycles. The molecule has 2 heterocycles. The van der Waals surface area contributed by atoms with Crippen molar-refractivity contribution in [1.82, 2.24) is 5.32 Å². The van der Waals surface area contributed by atoms with Gasteiger partial charge < -0.3 is 16.5 Å². The van der Waals surface area contributed by atoms with Crippen molar-refractivity contribution in [1.29, 1.82) is 5.41 Å². The van der Waals surface area contributed by atoms with E-state index in [9.17, 15) is 0 Å². The van der Waals surface area contributed by atoms with Crippen molar-refractivity contribution in [2.45, 2.75) is 13.0 Å². The molecule has 4 aromatic rings. The van der Waals surface area contributed by atoms with Gasteiger partial charge in [-0.2, -0.15) is 53.3 Å². The summed E-state index contributed by atoms with van der Waals surface area (Å²) in [7, 11) is 0. The van der Waals surface area contributed by atoms with Crippen molar-refractivity contribution in [3.05, 3.63) is 111 Å². The van der Waals surface area contributed by atoms with E-state index in [0.29, 0.717) is 5.84 Å². The summed E-state index contributed by atoms with van der Waals surface area (Å²) >= 11 is 3.12. The van der Waals surface area contributed by atoms with Crippen LogP contribution in [0.5, 0.6) is 0 Å². The second kappa shape index (κ2) is 14.9. The fourth-order valence-electron chi connectivity index (χ4n) is 2.76. The Bertz CT molecular complexity index is 1060. The second-order valence-electron chi connectivity index (χ2n) is 6.58. The van der Waals surface area contributed by atoms with Crippen LogP contribution in [0.15, 0.2) is 88.5 Å². The van der Waals surface area contributed by atoms with Crippen molar-refractivity contribution in [3.8, 4) is 0 Å². The van der Waals surface area contributed by atoms with E-state index in [-0.39, 0.29) is 29.6 Å². The summed E-state index contributed by atoms with van der Waals surface area (Å²) in [5.74, 6) is 0.566. The minimum atomic E-state index is 0. The van der Waals surface area contributed by atoms with Crippen LogP contribution in [-0.4, -0.2) is 18.6 Å². The van der Waals surface area contributed by atoms with Gasteiger partial charge in [0.05, 0.1) is 10.6 Å². The minimum absolute atomic E-state index is 0. The van der Waals surface area contributed by atoms with Gasteiger partial charge in [0.1, 0.15) is 5.84 Å². The maximum atomic E-state index is 6.62. The predicted molar refractivity (Wildman–Crippen MR) is 133 cm³/mol. The summed E-state index contributed by atoms with van der Waals surface area (Å²) in [5, 5.41) is 14.0. The molecular weight excluding hydrogens is 443 g/mol. The number of nitrogens with two attached hydrogens (primary N) is 1. The maximum Gasteiger partial charge on any atom is 1.00 e. The number of aliphatic imine (C=N–C) groups is 1. The van der Waals surface area contributed by atoms with E-state index in [0.717, 1.165) is 35.0 Å². The number of hydrogen-bond acceptors (Lipinski definition) is 5. The Balaban J connectivity index is 0.000000388. The van der Waals surface area contributed by atoms with E-state index in [1.54, 1.807) is 11.3 Å². The van der Waals surface area contributed by atoms with Crippen molar-refractivity contribution in [3.63, 3.8) is 0 Å². The van der Waals surface area contributed by atoms with Crippen molar-refractivity contribution in [2.24, 2.45) is 10.7 Å². The third-order valence-corrected chi connectivity index (χ3v) is 5.96. The quantitative estimate of drug-likeness (QED) is 0.123. The van der Waals surface area contributed by atoms with E-state index in [1.165, 1.54) is 22.5 Å². The number of thiophene rings is 2. The Hall–Kier alpha value is -2.06. The summed E-state index contributed by atoms with van der Waals surface area (Å²) in [6, 6.07) is 27.0. The Morgan fingerprint density at radius 1 is 1.00 bits per heavy atom. The van der Waals surface area contributed by atoms with Gasteiger partial charge in [0.15, 0.2) is 0 Å². The molecule has 0 aliphatic rings. The van der Waals surface area contributed by atoms with Gasteiger partial charge in [0.2, 0.25) is 0 Å². The normalized spacial score (nSPS) is 10.6. The molecule has 4 rings (SSSR count). The van der Waals surface area contributed by atoms with Gasteiger partial charge in [0.25, 0.3) is 0 Å². The number of rotatable bonds is 8. The Morgan fingerprint density at radius 2 is 1.78 bits per heavy atom. The summed E-state index contributed by atoms with van der Waals surface area (Å²) < 4.78 is 0. The number of benzene rings is 2. The summed E-state index contributed by atoms with van der Waals surface area (Å²) in [4.78, 5) is 6.40. The first-order valence-corrected chi connectivity index (χ1v) is 11.6. The summed E-state index contributed by atoms with van der Waals surface area (Å²) in [5.41, 5.74) is 9.47. The molecule has 2 aromatic heterocycles. The number of amidine groups is 1. The monoisotopic (exact) mass is 467 g/mol. The van der Waals surface area contributed by atoms with Gasteiger partial charge in [-0.1, -0.05) is 18.2 Å². The average Bonchev–Trinajstić information content (AvgIpc) is 3.53. The van der Waals surface area contributed by atoms with Gasteiger partial charge in [-0.25, -0.2) is 4.99 Å². The molecule has 0 saturated carbocycles. The van der Waals surface area contributed by atoms with Crippen LogP contribution in [-0.2, 0) is 13.0 Å². The Labute approximate surface area is 220 Å². The molecule has 4 N–H and O–H groups in total. The van der Waals surface area contributed by atoms with Crippen LogP contribution in [0.4, 0.5) is 5.69 Å². The van der Waals surface area contributed by atoms with Gasteiger partial charge in [-0.05, 0) is 47.5 Å². The standard InChI is InChI=1S/C20H20N3S.C5H4NS.Na/c21-20(19-10-5-13-24-19)23-18-9-4-8-17(14-18)15-22-12-11-16-6-2-1-3-7-16;6-4-5-2-1-3-7-5;/h2-10,13-14,22H,11-12,15H2,(H2,21,23);1-3,6H;/q2*-1;+1. The number of nitrogens with zero attached hydrogens (tertiary/aromatic N) is 1. The molecule has 0 amide bonds. The molecule has 2 aromatic carbocycles. The zero-order valence-corrected chi connectivity index (χ0v) is 21.7. The predicted octanol–water partition coefficient (Wildman–Crippen LogP) is 2.54. The molecule has 4 nitrogen and oxygen atoms in total. The first kappa shape index (κ1) is 26.2. The van der Waals surface area contributed by atoms with Crippen LogP contribution in [0.2, 0.25) is 0 Å². The van der Waals surface area contributed by atoms with E-state index >= 15 is 0 Å². The van der Waals surface area contributed by atoms with E-state index in [1.807, 2.05) is 59.3 Å². The first-order chi connectivity index (χ1) is 15.2. The molecule has 0 aliphatic carbocycles. The summed E-state index contributed by atoms with van der Waals surface area (Å²) in [6.45, 7) is 1.76. The van der Waals surface area contributed by atoms with Gasteiger partial charge in [0, 0.05) is 6.54 Å². The number of nitrogens with one attached hydrogen (secondary N) is 2. The Kier molecular flexibility index (Phi) is 12.2. The van der Waals surface area contributed by atoms with E-state index in [2.05, 4.69) is 46.9 Å². The van der Waals surface area contributed by atoms with Crippen LogP contribution < -0.4 is 40.6 Å². The molecule has 0 radical (unpaired) electrons. The molecule has 32 heavy (non-hydrogen) atoms. The number of hydrogen-bond donors (Lipinski definition) is 3. The SMILES string of the molecule is N=[C-]c1cccs1.NC(=Nc1cccc(CNCCc2cc[c-]cc2)c1)c1cccs1.[Na+]. The zero-order chi connectivity index (χ0) is 21.7. The van der Waals surface area contributed by atoms with Crippen molar-refractivity contribution >= 4 is 40.4 Å². The smallest absolute Gasteiger partial charge is 0.411 e. The van der Waals surface area contributed by atoms with E-state index in [4.69, 9.17) is 11.1 Å². The van der Waals surface area contributed by atoms with Crippen LogP contribution in [0, 0.1) is 11.5 Å². The van der Waals surface area contributed by atoms with Crippen LogP contribution >= 0.6 is 22.7 Å². The first-order valence-electron chi connectivity index (χ1n) is 9.83. The zero-order valence-electron chi connectivity index (χ0n) is 18.0. The fraction of sp³-hybridized carbons (Fsp3) is 0.120. The molecule has 0 atom stereocenters. The summed E-state index contributed by atoms with van der Waals surface area (Å²) in [6.07, 6.45) is 3.29. The van der Waals surface area contributed by atoms with Gasteiger partial charge in [-0.15, -0.1) is 28.5 Å². The van der Waals surface area contributed by atoms with Gasteiger partial charge >= 0.3 is 29.6 Å². The van der Waals surface area contributed by atoms with Gasteiger partial charge in [-0.3, -0.25) is 0 Å². The molecule has 0 fully saturated rings. The topological polar surface area (TPSA) is 74.3 Å². The maximum absolute atomic E-state index is 6.62. The van der Waals surface area contributed by atoms with Crippen LogP contribution in [0.1, 0.15) is 20.9 Å². The molecule has 0 bridgehead atoms. The second-order valence-corrected chi connectivity index (χ2v) is 8.48. The third kappa shape index (κ3) is 9.20. The largest absolute Gasteiger partial charge is 1.00 e. The van der Waals surface area contributed by atoms with Crippen LogP contribution in [0.25, 0.3) is 0 Å². The minimum Gasteiger partial charge on any atom is -0.411 e. The fourth-order valence-corrected chi connectivity index (χ4v) is 3.90. The van der Waals surface area contributed by atoms with E-state index < -0.39 is 0 Å². The molecule has 0 aliphatic heterocycles. The van der Waals surface area contributed by atoms with Crippen LogP contribution in [0.3, 0.4) is 0 Å². The Morgan fingerprint density at radius 3 is 2.44 bits per heavy atom.